The minimum atomic E-state index is -0.0556. The van der Waals surface area contributed by atoms with Crippen molar-refractivity contribution in [3.05, 3.63) is 0 Å². The average molecular weight is 96.2 g/mol. The van der Waals surface area contributed by atoms with Gasteiger partial charge in [0, 0.05) is 0 Å². The molecule has 34 valence electrons. The van der Waals surface area contributed by atoms with Crippen molar-refractivity contribution in [3.8, 4) is 0 Å². The van der Waals surface area contributed by atoms with Gasteiger partial charge >= 0.3 is 0 Å². The topological polar surface area (TPSA) is 72.3 Å². The van der Waals surface area contributed by atoms with Crippen molar-refractivity contribution in [3.63, 3.8) is 0 Å². The van der Waals surface area contributed by atoms with Crippen LogP contribution in [0.3, 0.4) is 0 Å². The van der Waals surface area contributed by atoms with Gasteiger partial charge in [-0.15, -0.1) is 0 Å². The zero-order valence-corrected chi connectivity index (χ0v) is 3.65. The van der Waals surface area contributed by atoms with E-state index < -0.39 is 0 Å². The molecule has 0 aliphatic rings. The molecule has 0 bridgehead atoms. The molecule has 0 aliphatic heterocycles. The van der Waals surface area contributed by atoms with Gasteiger partial charge in [-0.05, 0) is 0 Å². The summed E-state index contributed by atoms with van der Waals surface area (Å²) in [6.45, 7) is 0. The van der Waals surface area contributed by atoms with Crippen LogP contribution in [0.5, 0.6) is 0 Å². The number of thiol groups is 1. The first-order valence-corrected chi connectivity index (χ1v) is 1.60. The summed E-state index contributed by atoms with van der Waals surface area (Å²) < 4.78 is 0. The second-order valence-corrected chi connectivity index (χ2v) is 0.424. The van der Waals surface area contributed by atoms with Gasteiger partial charge in [0.15, 0.2) is 0 Å². The maximum absolute atomic E-state index is 7.43. The van der Waals surface area contributed by atoms with Crippen LogP contribution >= 0.6 is 12.6 Å². The van der Waals surface area contributed by atoms with Gasteiger partial charge in [-0.25, -0.2) is 0 Å². The van der Waals surface area contributed by atoms with Gasteiger partial charge < -0.3 is 5.11 Å². The molecule has 0 atom stereocenters. The van der Waals surface area contributed by atoms with Crippen LogP contribution < -0.4 is 11.7 Å². The third-order valence-electron chi connectivity index (χ3n) is 0. The van der Waals surface area contributed by atoms with Crippen molar-refractivity contribution >= 4 is 12.6 Å². The lowest BCUT2D eigenvalue weighted by atomic mass is 11.7. The van der Waals surface area contributed by atoms with Gasteiger partial charge in [-0.3, -0.25) is 11.7 Å². The summed E-state index contributed by atoms with van der Waals surface area (Å²) in [5, 5.41) is 7.43. The molecule has 0 radical (unpaired) electrons. The molecule has 0 fully saturated rings. The van der Waals surface area contributed by atoms with E-state index in [9.17, 15) is 0 Å². The molecule has 5 heavy (non-hydrogen) atoms. The van der Waals surface area contributed by atoms with Gasteiger partial charge in [-0.1, -0.05) is 0 Å². The molecule has 0 amide bonds. The van der Waals surface area contributed by atoms with Crippen molar-refractivity contribution in [1.82, 2.24) is 0 Å². The van der Waals surface area contributed by atoms with E-state index in [1.54, 1.807) is 0 Å². The minimum absolute atomic E-state index is 0.0556. The first kappa shape index (κ1) is 8.97. The van der Waals surface area contributed by atoms with E-state index in [2.05, 4.69) is 24.3 Å². The maximum Gasteiger partial charge on any atom is 0.0857 e. The van der Waals surface area contributed by atoms with Crippen molar-refractivity contribution in [1.29, 1.82) is 0 Å². The zero-order valence-electron chi connectivity index (χ0n) is 2.76. The molecule has 0 rings (SSSR count). The number of aliphatic hydroxyl groups excluding tert-OH is 1. The number of hydrazine groups is 1. The molecule has 0 saturated carbocycles. The van der Waals surface area contributed by atoms with E-state index in [0.717, 1.165) is 0 Å². The van der Waals surface area contributed by atoms with E-state index in [1.807, 2.05) is 0 Å². The SMILES string of the molecule is NN.OCS. The predicted molar refractivity (Wildman–Crippen MR) is 24.4 cm³/mol. The Hall–Kier alpha value is 0.230. The fourth-order valence-electron chi connectivity index (χ4n) is 0. The summed E-state index contributed by atoms with van der Waals surface area (Å²) in [7, 11) is 0. The monoisotopic (exact) mass is 96.0 g/mol. The van der Waals surface area contributed by atoms with E-state index in [1.165, 1.54) is 0 Å². The van der Waals surface area contributed by atoms with Crippen molar-refractivity contribution in [2.75, 3.05) is 5.94 Å². The number of rotatable bonds is 0. The Labute approximate surface area is 36.3 Å². The van der Waals surface area contributed by atoms with Crippen molar-refractivity contribution in [2.24, 2.45) is 11.7 Å². The Morgan fingerprint density at radius 1 is 1.60 bits per heavy atom. The summed E-state index contributed by atoms with van der Waals surface area (Å²) in [5.74, 6) is 7.94. The van der Waals surface area contributed by atoms with Crippen LogP contribution in [0.15, 0.2) is 0 Å². The second kappa shape index (κ2) is 29.2. The van der Waals surface area contributed by atoms with E-state index in [0.29, 0.717) is 0 Å². The van der Waals surface area contributed by atoms with Crippen LogP contribution in [-0.4, -0.2) is 11.0 Å². The smallest absolute Gasteiger partial charge is 0.0857 e. The lowest BCUT2D eigenvalue weighted by molar-refractivity contribution is 0.377. The highest BCUT2D eigenvalue weighted by molar-refractivity contribution is 7.80. The standard InChI is InChI=1S/CH4OS.H4N2/c2-1-3;1-2/h2-3H,1H2;1-2H2. The Morgan fingerprint density at radius 2 is 1.60 bits per heavy atom. The molecular weight excluding hydrogens is 88.1 g/mol. The number of hydrogen-bond acceptors (Lipinski definition) is 4. The van der Waals surface area contributed by atoms with Gasteiger partial charge in [0.05, 0.1) is 5.94 Å². The van der Waals surface area contributed by atoms with Gasteiger partial charge in [0.1, 0.15) is 0 Å². The summed E-state index contributed by atoms with van der Waals surface area (Å²) in [6.07, 6.45) is 0. The van der Waals surface area contributed by atoms with Gasteiger partial charge in [0.25, 0.3) is 0 Å². The van der Waals surface area contributed by atoms with E-state index in [-0.39, 0.29) is 5.94 Å². The normalized spacial score (nSPS) is 4.80. The third kappa shape index (κ3) is 398. The Morgan fingerprint density at radius 3 is 1.60 bits per heavy atom. The van der Waals surface area contributed by atoms with Gasteiger partial charge in [0.2, 0.25) is 0 Å². The quantitative estimate of drug-likeness (QED) is 0.131. The van der Waals surface area contributed by atoms with E-state index in [4.69, 9.17) is 5.11 Å². The molecule has 0 spiro atoms. The fraction of sp³-hybridized carbons (Fsp3) is 1.00. The van der Waals surface area contributed by atoms with Gasteiger partial charge in [-0.2, -0.15) is 12.6 Å². The summed E-state index contributed by atoms with van der Waals surface area (Å²) in [6, 6.07) is 0. The molecule has 4 heteroatoms. The highest BCUT2D eigenvalue weighted by Gasteiger charge is 1.34. The van der Waals surface area contributed by atoms with E-state index >= 15 is 0 Å². The average Bonchev–Trinajstić information content (AvgIpc) is 1.46. The summed E-state index contributed by atoms with van der Waals surface area (Å²) in [4.78, 5) is 0. The molecule has 0 aromatic heterocycles. The highest BCUT2D eigenvalue weighted by Crippen LogP contribution is 1.51. The maximum atomic E-state index is 7.43. The van der Waals surface area contributed by atoms with Crippen LogP contribution in [-0.2, 0) is 0 Å². The molecule has 0 aromatic rings. The van der Waals surface area contributed by atoms with Crippen LogP contribution in [0.25, 0.3) is 0 Å². The first-order valence-electron chi connectivity index (χ1n) is 0.966. The molecule has 0 aromatic carbocycles. The number of hydrogen-bond donors (Lipinski definition) is 4. The first-order chi connectivity index (χ1) is 2.41. The second-order valence-electron chi connectivity index (χ2n) is 0.141. The highest BCUT2D eigenvalue weighted by atomic mass is 32.1. The molecular formula is CH8N2OS. The number of nitrogens with two attached hydrogens (primary N) is 2. The lowest BCUT2D eigenvalue weighted by Crippen LogP contribution is -2.02. The Kier molecular flexibility index (Phi) is 52.3. The largest absolute Gasteiger partial charge is 0.386 e. The van der Waals surface area contributed by atoms with Crippen LogP contribution in [0.2, 0.25) is 0 Å². The predicted octanol–water partition coefficient (Wildman–Crippen LogP) is -1.32. The number of aliphatic hydroxyl groups is 1. The fourth-order valence-corrected chi connectivity index (χ4v) is 0. The van der Waals surface area contributed by atoms with Crippen molar-refractivity contribution < 1.29 is 5.11 Å². The van der Waals surface area contributed by atoms with Crippen LogP contribution in [0, 0.1) is 0 Å². The van der Waals surface area contributed by atoms with Crippen molar-refractivity contribution in [2.45, 2.75) is 0 Å². The molecule has 0 aliphatic carbocycles. The van der Waals surface area contributed by atoms with Crippen LogP contribution in [0.4, 0.5) is 0 Å². The molecule has 0 unspecified atom stereocenters. The molecule has 0 heterocycles. The summed E-state index contributed by atoms with van der Waals surface area (Å²) in [5.41, 5.74) is 0. The zero-order chi connectivity index (χ0) is 4.71. The minimum Gasteiger partial charge on any atom is -0.386 e. The molecule has 0 saturated heterocycles. The Bertz CT molecular complexity index is 9.61. The third-order valence-corrected chi connectivity index (χ3v) is 0. The Balaban J connectivity index is 0. The molecule has 3 nitrogen and oxygen atoms in total. The van der Waals surface area contributed by atoms with Crippen LogP contribution in [0.1, 0.15) is 0 Å². The summed E-state index contributed by atoms with van der Waals surface area (Å²) >= 11 is 3.34. The molecule has 5 N–H and O–H groups in total. The lowest BCUT2D eigenvalue weighted by Gasteiger charge is -1.52.